The molecule has 0 bridgehead atoms. The van der Waals surface area contributed by atoms with E-state index < -0.39 is 35.5 Å². The van der Waals surface area contributed by atoms with Crippen LogP contribution in [0.4, 0.5) is 17.6 Å². The molecule has 6 heteroatoms. The maximum absolute atomic E-state index is 13.4. The van der Waals surface area contributed by atoms with E-state index in [2.05, 4.69) is 0 Å². The summed E-state index contributed by atoms with van der Waals surface area (Å²) in [5.41, 5.74) is 0.327. The normalized spacial score (nSPS) is 13.9. The lowest BCUT2D eigenvalue weighted by molar-refractivity contribution is -0.0402. The molecule has 0 saturated carbocycles. The SMILES string of the molecule is CO[C@H](c1cc(F)cc(F)c1)[C@H](OC)c1cc(F)cc(F)c1. The predicted molar refractivity (Wildman–Crippen MR) is 72.2 cm³/mol. The van der Waals surface area contributed by atoms with E-state index in [1.807, 2.05) is 0 Å². The molecule has 0 saturated heterocycles. The van der Waals surface area contributed by atoms with Crippen LogP contribution in [0, 0.1) is 23.3 Å². The van der Waals surface area contributed by atoms with Gasteiger partial charge in [0.05, 0.1) is 0 Å². The average molecular weight is 314 g/mol. The first kappa shape index (κ1) is 16.5. The molecule has 2 aromatic rings. The number of rotatable bonds is 5. The highest BCUT2D eigenvalue weighted by molar-refractivity contribution is 5.27. The lowest BCUT2D eigenvalue weighted by Crippen LogP contribution is -2.16. The Morgan fingerprint density at radius 1 is 0.591 bits per heavy atom. The van der Waals surface area contributed by atoms with Gasteiger partial charge in [0.2, 0.25) is 0 Å². The number of halogens is 4. The van der Waals surface area contributed by atoms with Crippen LogP contribution in [0.15, 0.2) is 36.4 Å². The maximum Gasteiger partial charge on any atom is 0.126 e. The van der Waals surface area contributed by atoms with Gasteiger partial charge in [0.1, 0.15) is 35.5 Å². The molecule has 118 valence electrons. The van der Waals surface area contributed by atoms with Gasteiger partial charge >= 0.3 is 0 Å². The van der Waals surface area contributed by atoms with Crippen LogP contribution in [0.1, 0.15) is 23.3 Å². The first-order valence-electron chi connectivity index (χ1n) is 6.42. The maximum atomic E-state index is 13.4. The summed E-state index contributed by atoms with van der Waals surface area (Å²) in [4.78, 5) is 0. The summed E-state index contributed by atoms with van der Waals surface area (Å²) in [6, 6.07) is 5.77. The van der Waals surface area contributed by atoms with Crippen molar-refractivity contribution in [3.8, 4) is 0 Å². The minimum atomic E-state index is -0.934. The van der Waals surface area contributed by atoms with Gasteiger partial charge in [-0.1, -0.05) is 0 Å². The number of ether oxygens (including phenoxy) is 2. The van der Waals surface area contributed by atoms with Gasteiger partial charge in [-0.15, -0.1) is 0 Å². The summed E-state index contributed by atoms with van der Waals surface area (Å²) < 4.78 is 63.9. The minimum absolute atomic E-state index is 0.163. The molecule has 0 N–H and O–H groups in total. The van der Waals surface area contributed by atoms with Gasteiger partial charge in [0, 0.05) is 26.4 Å². The molecule has 0 aliphatic heterocycles. The zero-order valence-corrected chi connectivity index (χ0v) is 11.9. The quantitative estimate of drug-likeness (QED) is 0.765. The lowest BCUT2D eigenvalue weighted by atomic mass is 9.97. The van der Waals surface area contributed by atoms with Gasteiger partial charge in [0.15, 0.2) is 0 Å². The monoisotopic (exact) mass is 314 g/mol. The number of benzene rings is 2. The third-order valence-electron chi connectivity index (χ3n) is 3.21. The van der Waals surface area contributed by atoms with Crippen molar-refractivity contribution < 1.29 is 27.0 Å². The molecule has 0 aromatic heterocycles. The van der Waals surface area contributed by atoms with E-state index in [0.29, 0.717) is 0 Å². The Hall–Kier alpha value is -1.92. The van der Waals surface area contributed by atoms with Crippen LogP contribution in [0.25, 0.3) is 0 Å². The number of methoxy groups -OCH3 is 2. The Bertz CT molecular complexity index is 563. The van der Waals surface area contributed by atoms with Gasteiger partial charge in [0.25, 0.3) is 0 Å². The smallest absolute Gasteiger partial charge is 0.126 e. The second kappa shape index (κ2) is 6.89. The molecule has 0 heterocycles. The molecule has 0 aliphatic carbocycles. The van der Waals surface area contributed by atoms with E-state index in [1.54, 1.807) is 0 Å². The van der Waals surface area contributed by atoms with Gasteiger partial charge in [-0.2, -0.15) is 0 Å². The van der Waals surface area contributed by atoms with E-state index in [9.17, 15) is 17.6 Å². The van der Waals surface area contributed by atoms with Crippen molar-refractivity contribution in [2.75, 3.05) is 14.2 Å². The van der Waals surface area contributed by atoms with E-state index in [4.69, 9.17) is 9.47 Å². The molecule has 2 nitrogen and oxygen atoms in total. The largest absolute Gasteiger partial charge is 0.374 e. The summed E-state index contributed by atoms with van der Waals surface area (Å²) in [5, 5.41) is 0. The van der Waals surface area contributed by atoms with Gasteiger partial charge in [-0.3, -0.25) is 0 Å². The molecule has 0 fully saturated rings. The molecule has 0 radical (unpaired) electrons. The van der Waals surface area contributed by atoms with Crippen molar-refractivity contribution in [2.24, 2.45) is 0 Å². The Kier molecular flexibility index (Phi) is 5.15. The molecule has 0 spiro atoms. The molecule has 2 atom stereocenters. The molecule has 0 aliphatic rings. The van der Waals surface area contributed by atoms with Crippen molar-refractivity contribution in [1.82, 2.24) is 0 Å². The molecule has 2 aromatic carbocycles. The highest BCUT2D eigenvalue weighted by Gasteiger charge is 2.26. The number of hydrogen-bond acceptors (Lipinski definition) is 2. The van der Waals surface area contributed by atoms with Crippen LogP contribution in [-0.2, 0) is 9.47 Å². The van der Waals surface area contributed by atoms with Gasteiger partial charge in [-0.25, -0.2) is 17.6 Å². The topological polar surface area (TPSA) is 18.5 Å². The van der Waals surface area contributed by atoms with Crippen LogP contribution >= 0.6 is 0 Å². The second-order valence-electron chi connectivity index (χ2n) is 4.72. The third-order valence-corrected chi connectivity index (χ3v) is 3.21. The summed E-state index contributed by atoms with van der Waals surface area (Å²) >= 11 is 0. The summed E-state index contributed by atoms with van der Waals surface area (Å²) in [6.45, 7) is 0. The molecule has 0 unspecified atom stereocenters. The van der Waals surface area contributed by atoms with E-state index in [1.165, 1.54) is 14.2 Å². The highest BCUT2D eigenvalue weighted by atomic mass is 19.1. The standard InChI is InChI=1S/C16H14F4O2/c1-21-15(9-3-11(17)7-12(18)4-9)16(22-2)10-5-13(19)8-14(20)6-10/h3-8,15-16H,1-2H3/t15-,16-/m1/s1. The van der Waals surface area contributed by atoms with Crippen molar-refractivity contribution >= 4 is 0 Å². The molecular weight excluding hydrogens is 300 g/mol. The van der Waals surface area contributed by atoms with Crippen LogP contribution in [0.2, 0.25) is 0 Å². The minimum Gasteiger partial charge on any atom is -0.374 e. The Morgan fingerprint density at radius 3 is 1.09 bits per heavy atom. The van der Waals surface area contributed by atoms with Gasteiger partial charge < -0.3 is 9.47 Å². The van der Waals surface area contributed by atoms with Crippen LogP contribution in [0.3, 0.4) is 0 Å². The first-order chi connectivity index (χ1) is 10.4. The fourth-order valence-electron chi connectivity index (χ4n) is 2.35. The Morgan fingerprint density at radius 2 is 0.864 bits per heavy atom. The fourth-order valence-corrected chi connectivity index (χ4v) is 2.35. The molecule has 2 rings (SSSR count). The van der Waals surface area contributed by atoms with E-state index in [0.717, 1.165) is 36.4 Å². The second-order valence-corrected chi connectivity index (χ2v) is 4.72. The zero-order chi connectivity index (χ0) is 16.3. The summed E-state index contributed by atoms with van der Waals surface area (Å²) in [7, 11) is 2.63. The summed E-state index contributed by atoms with van der Waals surface area (Å²) in [5.74, 6) is -3.12. The lowest BCUT2D eigenvalue weighted by Gasteiger charge is -2.26. The van der Waals surface area contributed by atoms with Crippen molar-refractivity contribution in [3.63, 3.8) is 0 Å². The van der Waals surface area contributed by atoms with Crippen LogP contribution in [-0.4, -0.2) is 14.2 Å². The fraction of sp³-hybridized carbons (Fsp3) is 0.250. The molecular formula is C16H14F4O2. The van der Waals surface area contributed by atoms with Crippen LogP contribution in [0.5, 0.6) is 0 Å². The highest BCUT2D eigenvalue weighted by Crippen LogP contribution is 2.35. The first-order valence-corrected chi connectivity index (χ1v) is 6.42. The van der Waals surface area contributed by atoms with Crippen molar-refractivity contribution in [1.29, 1.82) is 0 Å². The molecule has 22 heavy (non-hydrogen) atoms. The predicted octanol–water partition coefficient (Wildman–Crippen LogP) is 4.32. The van der Waals surface area contributed by atoms with Gasteiger partial charge in [-0.05, 0) is 35.4 Å². The zero-order valence-electron chi connectivity index (χ0n) is 11.9. The van der Waals surface area contributed by atoms with Crippen molar-refractivity contribution in [2.45, 2.75) is 12.2 Å². The van der Waals surface area contributed by atoms with Crippen LogP contribution < -0.4 is 0 Å². The Balaban J connectivity index is 2.46. The Labute approximate surface area is 125 Å². The van der Waals surface area contributed by atoms with E-state index >= 15 is 0 Å². The number of hydrogen-bond donors (Lipinski definition) is 0. The average Bonchev–Trinajstić information content (AvgIpc) is 2.42. The third kappa shape index (κ3) is 3.64. The summed E-state index contributed by atoms with van der Waals surface area (Å²) in [6.07, 6.45) is -1.87. The molecule has 0 amide bonds. The van der Waals surface area contributed by atoms with Crippen molar-refractivity contribution in [3.05, 3.63) is 70.8 Å². The van der Waals surface area contributed by atoms with E-state index in [-0.39, 0.29) is 11.1 Å².